The van der Waals surface area contributed by atoms with Crippen LogP contribution in [0, 0.1) is 0 Å². The largest absolute Gasteiger partial charge is 0.396 e. The first-order chi connectivity index (χ1) is 7.75. The second-order valence-electron chi connectivity index (χ2n) is 3.32. The van der Waals surface area contributed by atoms with Crippen LogP contribution in [0.5, 0.6) is 0 Å². The van der Waals surface area contributed by atoms with E-state index in [1.54, 1.807) is 24.8 Å². The van der Waals surface area contributed by atoms with Gasteiger partial charge in [-0.3, -0.25) is 0 Å². The lowest BCUT2D eigenvalue weighted by molar-refractivity contribution is 0.725. The molecule has 0 aromatic carbocycles. The quantitative estimate of drug-likeness (QED) is 0.848. The summed E-state index contributed by atoms with van der Waals surface area (Å²) < 4.78 is 1.97. The number of aromatic nitrogens is 3. The number of halogens is 1. The summed E-state index contributed by atoms with van der Waals surface area (Å²) in [6.07, 6.45) is 6.98. The standard InChI is InChI=1S/C10H12ClN5/c11-8-5-9(12)10(15-6-8)14-2-4-16-3-1-13-7-16/h1,3,5-7H,2,4,12H2,(H,14,15). The van der Waals surface area contributed by atoms with Gasteiger partial charge in [-0.25, -0.2) is 9.97 Å². The zero-order valence-electron chi connectivity index (χ0n) is 8.60. The van der Waals surface area contributed by atoms with Crippen LogP contribution in [0.1, 0.15) is 0 Å². The molecule has 0 spiro atoms. The molecule has 0 aliphatic rings. The number of nitrogens with zero attached hydrogens (tertiary/aromatic N) is 3. The summed E-state index contributed by atoms with van der Waals surface area (Å²) in [5, 5.41) is 3.67. The van der Waals surface area contributed by atoms with Gasteiger partial charge in [-0.05, 0) is 6.07 Å². The molecular formula is C10H12ClN5. The molecule has 84 valence electrons. The van der Waals surface area contributed by atoms with Gasteiger partial charge in [0, 0.05) is 31.7 Å². The van der Waals surface area contributed by atoms with Crippen molar-refractivity contribution < 1.29 is 0 Å². The van der Waals surface area contributed by atoms with Crippen molar-refractivity contribution in [3.63, 3.8) is 0 Å². The smallest absolute Gasteiger partial charge is 0.149 e. The van der Waals surface area contributed by atoms with Gasteiger partial charge in [0.1, 0.15) is 5.82 Å². The van der Waals surface area contributed by atoms with Crippen LogP contribution in [0.4, 0.5) is 11.5 Å². The number of nitrogen functional groups attached to an aromatic ring is 1. The number of imidazole rings is 1. The van der Waals surface area contributed by atoms with Crippen LogP contribution in [0.15, 0.2) is 31.0 Å². The Balaban J connectivity index is 1.90. The molecule has 0 saturated heterocycles. The molecule has 0 aliphatic heterocycles. The number of nitrogens with one attached hydrogen (secondary N) is 1. The summed E-state index contributed by atoms with van der Waals surface area (Å²) in [5.41, 5.74) is 6.31. The highest BCUT2D eigenvalue weighted by atomic mass is 35.5. The minimum atomic E-state index is 0.539. The number of anilines is 2. The summed E-state index contributed by atoms with van der Waals surface area (Å²) in [4.78, 5) is 8.06. The molecule has 6 heteroatoms. The van der Waals surface area contributed by atoms with Crippen LogP contribution < -0.4 is 11.1 Å². The zero-order valence-corrected chi connectivity index (χ0v) is 9.35. The number of pyridine rings is 1. The van der Waals surface area contributed by atoms with Gasteiger partial charge in [0.2, 0.25) is 0 Å². The maximum Gasteiger partial charge on any atom is 0.149 e. The second kappa shape index (κ2) is 4.85. The van der Waals surface area contributed by atoms with E-state index in [4.69, 9.17) is 17.3 Å². The summed E-state index contributed by atoms with van der Waals surface area (Å²) in [6, 6.07) is 1.67. The van der Waals surface area contributed by atoms with Gasteiger partial charge in [0.25, 0.3) is 0 Å². The number of rotatable bonds is 4. The molecule has 0 aliphatic carbocycles. The van der Waals surface area contributed by atoms with E-state index in [0.29, 0.717) is 16.5 Å². The lowest BCUT2D eigenvalue weighted by Crippen LogP contribution is -2.11. The molecule has 2 heterocycles. The second-order valence-corrected chi connectivity index (χ2v) is 3.76. The fourth-order valence-electron chi connectivity index (χ4n) is 1.33. The number of hydrogen-bond donors (Lipinski definition) is 2. The average Bonchev–Trinajstić information content (AvgIpc) is 2.74. The highest BCUT2D eigenvalue weighted by Crippen LogP contribution is 2.18. The lowest BCUT2D eigenvalue weighted by Gasteiger charge is -2.08. The van der Waals surface area contributed by atoms with Crippen molar-refractivity contribution in [2.45, 2.75) is 6.54 Å². The molecule has 2 rings (SSSR count). The first-order valence-corrected chi connectivity index (χ1v) is 5.24. The average molecular weight is 238 g/mol. The Morgan fingerprint density at radius 1 is 1.50 bits per heavy atom. The third-order valence-electron chi connectivity index (χ3n) is 2.11. The first kappa shape index (κ1) is 10.8. The molecule has 5 nitrogen and oxygen atoms in total. The van der Waals surface area contributed by atoms with Crippen LogP contribution in [0.3, 0.4) is 0 Å². The molecule has 2 aromatic rings. The molecule has 0 amide bonds. The van der Waals surface area contributed by atoms with Crippen LogP contribution in [0.2, 0.25) is 5.02 Å². The van der Waals surface area contributed by atoms with Crippen LogP contribution in [-0.2, 0) is 6.54 Å². The van der Waals surface area contributed by atoms with Crippen molar-refractivity contribution in [2.24, 2.45) is 0 Å². The van der Waals surface area contributed by atoms with Crippen LogP contribution in [-0.4, -0.2) is 21.1 Å². The Labute approximate surface area is 98.3 Å². The van der Waals surface area contributed by atoms with Crippen molar-refractivity contribution in [1.82, 2.24) is 14.5 Å². The van der Waals surface area contributed by atoms with Crippen molar-refractivity contribution in [3.05, 3.63) is 36.0 Å². The van der Waals surface area contributed by atoms with Crippen molar-refractivity contribution >= 4 is 23.1 Å². The SMILES string of the molecule is Nc1cc(Cl)cnc1NCCn1ccnc1. The zero-order chi connectivity index (χ0) is 11.4. The molecule has 0 bridgehead atoms. The van der Waals surface area contributed by atoms with Gasteiger partial charge in [0.05, 0.1) is 17.0 Å². The maximum absolute atomic E-state index is 5.75. The van der Waals surface area contributed by atoms with Gasteiger partial charge in [-0.15, -0.1) is 0 Å². The molecule has 0 unspecified atom stereocenters. The molecule has 16 heavy (non-hydrogen) atoms. The highest BCUT2D eigenvalue weighted by Gasteiger charge is 2.00. The summed E-state index contributed by atoms with van der Waals surface area (Å²) in [5.74, 6) is 0.657. The maximum atomic E-state index is 5.75. The highest BCUT2D eigenvalue weighted by molar-refractivity contribution is 6.30. The number of nitrogens with two attached hydrogens (primary N) is 1. The van der Waals surface area contributed by atoms with Crippen LogP contribution >= 0.6 is 11.6 Å². The topological polar surface area (TPSA) is 68.8 Å². The Kier molecular flexibility index (Phi) is 3.26. The Hall–Kier alpha value is -1.75. The predicted molar refractivity (Wildman–Crippen MR) is 64.4 cm³/mol. The fourth-order valence-corrected chi connectivity index (χ4v) is 1.49. The van der Waals surface area contributed by atoms with Gasteiger partial charge in [-0.2, -0.15) is 0 Å². The van der Waals surface area contributed by atoms with Gasteiger partial charge in [-0.1, -0.05) is 11.6 Å². The Morgan fingerprint density at radius 3 is 3.06 bits per heavy atom. The first-order valence-electron chi connectivity index (χ1n) is 4.86. The molecular weight excluding hydrogens is 226 g/mol. The van der Waals surface area contributed by atoms with E-state index in [-0.39, 0.29) is 0 Å². The Morgan fingerprint density at radius 2 is 2.38 bits per heavy atom. The van der Waals surface area contributed by atoms with E-state index in [1.807, 2.05) is 10.8 Å². The predicted octanol–water partition coefficient (Wildman–Crippen LogP) is 1.63. The minimum Gasteiger partial charge on any atom is -0.396 e. The van der Waals surface area contributed by atoms with Gasteiger partial charge >= 0.3 is 0 Å². The summed E-state index contributed by atoms with van der Waals surface area (Å²) in [6.45, 7) is 1.54. The molecule has 0 radical (unpaired) electrons. The molecule has 3 N–H and O–H groups in total. The Bertz CT molecular complexity index is 454. The monoisotopic (exact) mass is 237 g/mol. The lowest BCUT2D eigenvalue weighted by atomic mass is 10.4. The molecule has 0 fully saturated rings. The van der Waals surface area contributed by atoms with Crippen molar-refractivity contribution in [2.75, 3.05) is 17.6 Å². The van der Waals surface area contributed by atoms with E-state index >= 15 is 0 Å². The summed E-state index contributed by atoms with van der Waals surface area (Å²) in [7, 11) is 0. The van der Waals surface area contributed by atoms with Crippen LogP contribution in [0.25, 0.3) is 0 Å². The third kappa shape index (κ3) is 2.64. The van der Waals surface area contributed by atoms with Crippen molar-refractivity contribution in [1.29, 1.82) is 0 Å². The molecule has 0 atom stereocenters. The van der Waals surface area contributed by atoms with E-state index in [2.05, 4.69) is 15.3 Å². The van der Waals surface area contributed by atoms with Gasteiger partial charge < -0.3 is 15.6 Å². The fraction of sp³-hybridized carbons (Fsp3) is 0.200. The molecule has 2 aromatic heterocycles. The van der Waals surface area contributed by atoms with E-state index in [0.717, 1.165) is 13.1 Å². The number of hydrogen-bond acceptors (Lipinski definition) is 4. The van der Waals surface area contributed by atoms with Gasteiger partial charge in [0.15, 0.2) is 0 Å². The van der Waals surface area contributed by atoms with E-state index in [9.17, 15) is 0 Å². The van der Waals surface area contributed by atoms with E-state index < -0.39 is 0 Å². The summed E-state index contributed by atoms with van der Waals surface area (Å²) >= 11 is 5.75. The third-order valence-corrected chi connectivity index (χ3v) is 2.31. The van der Waals surface area contributed by atoms with E-state index in [1.165, 1.54) is 0 Å². The molecule has 0 saturated carbocycles. The normalized spacial score (nSPS) is 10.3. The minimum absolute atomic E-state index is 0.539. The van der Waals surface area contributed by atoms with Crippen molar-refractivity contribution in [3.8, 4) is 0 Å².